The minimum atomic E-state index is -4.42. The molecule has 1 heterocycles. The summed E-state index contributed by atoms with van der Waals surface area (Å²) in [6, 6.07) is 13.5. The second-order valence-electron chi connectivity index (χ2n) is 6.55. The quantitative estimate of drug-likeness (QED) is 0.609. The van der Waals surface area contributed by atoms with Gasteiger partial charge in [0.1, 0.15) is 0 Å². The molecule has 30 heavy (non-hydrogen) atoms. The Labute approximate surface area is 170 Å². The van der Waals surface area contributed by atoms with Crippen LogP contribution in [0.3, 0.4) is 0 Å². The van der Waals surface area contributed by atoms with Gasteiger partial charge in [-0.15, -0.1) is 0 Å². The summed E-state index contributed by atoms with van der Waals surface area (Å²) in [4.78, 5) is 28.5. The van der Waals surface area contributed by atoms with Crippen LogP contribution in [0.2, 0.25) is 0 Å². The number of aromatic nitrogens is 1. The number of halogens is 3. The maximum Gasteiger partial charge on any atom is 0.416 e. The van der Waals surface area contributed by atoms with E-state index in [2.05, 4.69) is 15.6 Å². The van der Waals surface area contributed by atoms with Crippen molar-refractivity contribution in [3.63, 3.8) is 0 Å². The number of anilines is 1. The Hall–Kier alpha value is -3.68. The Balaban J connectivity index is 1.58. The lowest BCUT2D eigenvalue weighted by molar-refractivity contribution is -0.137. The first-order valence-electron chi connectivity index (χ1n) is 9.01. The van der Waals surface area contributed by atoms with Gasteiger partial charge in [-0.1, -0.05) is 30.3 Å². The smallest absolute Gasteiger partial charge is 0.343 e. The minimum Gasteiger partial charge on any atom is -0.343 e. The molecule has 0 radical (unpaired) electrons. The van der Waals surface area contributed by atoms with Crippen molar-refractivity contribution in [1.82, 2.24) is 10.3 Å². The van der Waals surface area contributed by atoms with Gasteiger partial charge in [0.25, 0.3) is 0 Å². The molecular weight excluding hydrogens is 395 g/mol. The lowest BCUT2D eigenvalue weighted by Crippen LogP contribution is -2.31. The fraction of sp³-hybridized carbons (Fsp3) is 0.136. The number of hydrogen-bond donors (Lipinski definition) is 2. The topological polar surface area (TPSA) is 71.1 Å². The maximum absolute atomic E-state index is 12.6. The van der Waals surface area contributed by atoms with E-state index in [0.717, 1.165) is 17.5 Å². The number of hydrogen-bond acceptors (Lipinski definition) is 3. The van der Waals surface area contributed by atoms with E-state index >= 15 is 0 Å². The zero-order chi connectivity index (χ0) is 21.7. The van der Waals surface area contributed by atoms with E-state index in [1.54, 1.807) is 31.3 Å². The van der Waals surface area contributed by atoms with Crippen LogP contribution in [0.15, 0.2) is 66.9 Å². The maximum atomic E-state index is 12.6. The molecule has 0 aliphatic heterocycles. The highest BCUT2D eigenvalue weighted by Gasteiger charge is 2.29. The van der Waals surface area contributed by atoms with Crippen LogP contribution in [0.25, 0.3) is 16.5 Å². The van der Waals surface area contributed by atoms with E-state index in [9.17, 15) is 22.8 Å². The highest BCUT2D eigenvalue weighted by molar-refractivity contribution is 6.03. The average molecular weight is 413 g/mol. The summed E-state index contributed by atoms with van der Waals surface area (Å²) in [6.45, 7) is 1.34. The van der Waals surface area contributed by atoms with E-state index in [1.165, 1.54) is 18.2 Å². The third-order valence-corrected chi connectivity index (χ3v) is 4.35. The third kappa shape index (κ3) is 5.22. The fourth-order valence-corrected chi connectivity index (χ4v) is 2.82. The molecule has 154 valence electrons. The number of fused-ring (bicyclic) bond motifs is 1. The van der Waals surface area contributed by atoms with Crippen LogP contribution in [-0.4, -0.2) is 23.3 Å². The van der Waals surface area contributed by atoms with Gasteiger partial charge in [0.05, 0.1) is 23.3 Å². The van der Waals surface area contributed by atoms with E-state index < -0.39 is 23.6 Å². The average Bonchev–Trinajstić information content (AvgIpc) is 2.72. The monoisotopic (exact) mass is 413 g/mol. The zero-order valence-corrected chi connectivity index (χ0v) is 16.0. The number of benzene rings is 2. The largest absolute Gasteiger partial charge is 0.416 e. The van der Waals surface area contributed by atoms with Crippen molar-refractivity contribution in [3.8, 4) is 0 Å². The fourth-order valence-electron chi connectivity index (χ4n) is 2.82. The Kier molecular flexibility index (Phi) is 6.15. The van der Waals surface area contributed by atoms with Gasteiger partial charge in [-0.05, 0) is 42.3 Å². The first-order chi connectivity index (χ1) is 14.2. The summed E-state index contributed by atoms with van der Waals surface area (Å²) in [7, 11) is 0. The number of nitrogens with zero attached hydrogens (tertiary/aromatic N) is 1. The molecule has 1 aromatic heterocycles. The van der Waals surface area contributed by atoms with Crippen LogP contribution >= 0.6 is 0 Å². The predicted molar refractivity (Wildman–Crippen MR) is 108 cm³/mol. The molecule has 0 aliphatic rings. The molecule has 2 amide bonds. The Bertz CT molecular complexity index is 1100. The second kappa shape index (κ2) is 8.77. The van der Waals surface area contributed by atoms with Crippen LogP contribution in [0, 0.1) is 0 Å². The van der Waals surface area contributed by atoms with Gasteiger partial charge in [0.15, 0.2) is 0 Å². The molecule has 2 aromatic carbocycles. The van der Waals surface area contributed by atoms with Crippen molar-refractivity contribution in [2.45, 2.75) is 13.1 Å². The predicted octanol–water partition coefficient (Wildman–Crippen LogP) is 4.41. The first kappa shape index (κ1) is 21.0. The molecule has 0 atom stereocenters. The van der Waals surface area contributed by atoms with Crippen molar-refractivity contribution in [2.24, 2.45) is 0 Å². The number of alkyl halides is 3. The molecule has 0 bridgehead atoms. The highest BCUT2D eigenvalue weighted by Crippen LogP contribution is 2.30. The van der Waals surface area contributed by atoms with Gasteiger partial charge in [-0.2, -0.15) is 13.2 Å². The van der Waals surface area contributed by atoms with Crippen LogP contribution in [0.5, 0.6) is 0 Å². The summed E-state index contributed by atoms with van der Waals surface area (Å²) in [5, 5.41) is 6.03. The number of carbonyl (C=O) groups excluding carboxylic acids is 2. The SMILES string of the molecule is CC(=CC(=O)NCC(=O)Nc1cccc2cccnc12)c1ccc(C(F)(F)F)cc1. The van der Waals surface area contributed by atoms with Gasteiger partial charge in [0.2, 0.25) is 11.8 Å². The number of amides is 2. The normalized spacial score (nSPS) is 11.9. The third-order valence-electron chi connectivity index (χ3n) is 4.35. The van der Waals surface area contributed by atoms with Crippen LogP contribution in [0.1, 0.15) is 18.1 Å². The molecule has 0 saturated carbocycles. The number of rotatable bonds is 5. The Morgan fingerprint density at radius 2 is 1.73 bits per heavy atom. The molecule has 5 nitrogen and oxygen atoms in total. The minimum absolute atomic E-state index is 0.265. The Morgan fingerprint density at radius 1 is 1.03 bits per heavy atom. The van der Waals surface area contributed by atoms with Crippen LogP contribution in [-0.2, 0) is 15.8 Å². The lowest BCUT2D eigenvalue weighted by atomic mass is 10.0. The molecule has 0 spiro atoms. The molecule has 3 rings (SSSR count). The van der Waals surface area contributed by atoms with Crippen molar-refractivity contribution < 1.29 is 22.8 Å². The molecule has 3 aromatic rings. The molecule has 8 heteroatoms. The van der Waals surface area contributed by atoms with Gasteiger partial charge in [0, 0.05) is 17.7 Å². The van der Waals surface area contributed by atoms with Gasteiger partial charge < -0.3 is 10.6 Å². The summed E-state index contributed by atoms with van der Waals surface area (Å²) >= 11 is 0. The summed E-state index contributed by atoms with van der Waals surface area (Å²) < 4.78 is 37.9. The van der Waals surface area contributed by atoms with Gasteiger partial charge >= 0.3 is 6.18 Å². The summed E-state index contributed by atoms with van der Waals surface area (Å²) in [5.41, 5.74) is 1.36. The molecule has 0 unspecified atom stereocenters. The number of pyridine rings is 1. The van der Waals surface area contributed by atoms with Gasteiger partial charge in [-0.3, -0.25) is 14.6 Å². The van der Waals surface area contributed by atoms with E-state index in [-0.39, 0.29) is 6.54 Å². The van der Waals surface area contributed by atoms with Gasteiger partial charge in [-0.25, -0.2) is 0 Å². The van der Waals surface area contributed by atoms with Crippen molar-refractivity contribution in [1.29, 1.82) is 0 Å². The van der Waals surface area contributed by atoms with E-state index in [1.807, 2.05) is 12.1 Å². The number of allylic oxidation sites excluding steroid dienone is 1. The molecular formula is C22H18F3N3O2. The molecule has 0 fully saturated rings. The number of para-hydroxylation sites is 1. The van der Waals surface area contributed by atoms with Crippen LogP contribution in [0.4, 0.5) is 18.9 Å². The van der Waals surface area contributed by atoms with Crippen molar-refractivity contribution >= 4 is 34.0 Å². The molecule has 0 aliphatic carbocycles. The summed E-state index contributed by atoms with van der Waals surface area (Å²) in [6.07, 6.45) is -1.57. The standard InChI is InChI=1S/C22H18F3N3O2/c1-14(15-7-9-17(10-8-15)22(23,24)25)12-19(29)27-13-20(30)28-18-6-2-4-16-5-3-11-26-21(16)18/h2-12H,13H2,1H3,(H,27,29)(H,28,30). The van der Waals surface area contributed by atoms with Crippen molar-refractivity contribution in [3.05, 3.63) is 78.0 Å². The van der Waals surface area contributed by atoms with E-state index in [4.69, 9.17) is 0 Å². The number of carbonyl (C=O) groups is 2. The molecule has 0 saturated heterocycles. The molecule has 2 N–H and O–H groups in total. The van der Waals surface area contributed by atoms with E-state index in [0.29, 0.717) is 22.3 Å². The zero-order valence-electron chi connectivity index (χ0n) is 16.0. The summed E-state index contributed by atoms with van der Waals surface area (Å²) in [5.74, 6) is -0.958. The lowest BCUT2D eigenvalue weighted by Gasteiger charge is -2.09. The van der Waals surface area contributed by atoms with Crippen LogP contribution < -0.4 is 10.6 Å². The second-order valence-corrected chi connectivity index (χ2v) is 6.55. The number of nitrogens with one attached hydrogen (secondary N) is 2. The first-order valence-corrected chi connectivity index (χ1v) is 9.01. The van der Waals surface area contributed by atoms with Crippen molar-refractivity contribution in [2.75, 3.05) is 11.9 Å². The Morgan fingerprint density at radius 3 is 2.43 bits per heavy atom. The highest BCUT2D eigenvalue weighted by atomic mass is 19.4.